The first-order valence-corrected chi connectivity index (χ1v) is 8.46. The highest BCUT2D eigenvalue weighted by Crippen LogP contribution is 2.35. The molecular formula is C16H26N2OS. The highest BCUT2D eigenvalue weighted by molar-refractivity contribution is 7.12. The summed E-state index contributed by atoms with van der Waals surface area (Å²) in [5.41, 5.74) is 5.63. The average molecular weight is 294 g/mol. The molecule has 0 aliphatic heterocycles. The van der Waals surface area contributed by atoms with Crippen molar-refractivity contribution in [3.05, 3.63) is 21.9 Å². The largest absolute Gasteiger partial charge is 0.348 e. The van der Waals surface area contributed by atoms with Gasteiger partial charge in [0, 0.05) is 16.3 Å². The Morgan fingerprint density at radius 2 is 2.00 bits per heavy atom. The van der Waals surface area contributed by atoms with E-state index in [4.69, 9.17) is 5.73 Å². The topological polar surface area (TPSA) is 55.1 Å². The zero-order valence-electron chi connectivity index (χ0n) is 12.6. The van der Waals surface area contributed by atoms with Crippen LogP contribution in [0.3, 0.4) is 0 Å². The van der Waals surface area contributed by atoms with E-state index in [1.807, 2.05) is 0 Å². The molecule has 112 valence electrons. The first-order valence-electron chi connectivity index (χ1n) is 7.65. The highest BCUT2D eigenvalue weighted by Gasteiger charge is 2.37. The van der Waals surface area contributed by atoms with Crippen molar-refractivity contribution in [2.75, 3.05) is 6.54 Å². The maximum atomic E-state index is 12.7. The van der Waals surface area contributed by atoms with E-state index in [1.165, 1.54) is 22.6 Å². The van der Waals surface area contributed by atoms with E-state index in [-0.39, 0.29) is 17.4 Å². The van der Waals surface area contributed by atoms with E-state index < -0.39 is 0 Å². The van der Waals surface area contributed by atoms with Crippen LogP contribution >= 0.6 is 11.3 Å². The number of thiophene rings is 1. The lowest BCUT2D eigenvalue weighted by atomic mass is 9.79. The smallest absolute Gasteiger partial charge is 0.227 e. The van der Waals surface area contributed by atoms with Gasteiger partial charge in [0.15, 0.2) is 0 Å². The Morgan fingerprint density at radius 1 is 1.35 bits per heavy atom. The molecule has 3 nitrogen and oxygen atoms in total. The van der Waals surface area contributed by atoms with Crippen LogP contribution in [0.25, 0.3) is 0 Å². The Balaban J connectivity index is 2.05. The molecule has 0 bridgehead atoms. The normalized spacial score (nSPS) is 20.1. The van der Waals surface area contributed by atoms with Crippen LogP contribution in [0.5, 0.6) is 0 Å². The minimum absolute atomic E-state index is 0.0767. The van der Waals surface area contributed by atoms with Gasteiger partial charge in [-0.05, 0) is 38.8 Å². The number of amides is 1. The summed E-state index contributed by atoms with van der Waals surface area (Å²) in [7, 11) is 0. The Hall–Kier alpha value is -0.870. The molecular weight excluding hydrogens is 268 g/mol. The molecule has 1 aromatic heterocycles. The molecule has 20 heavy (non-hydrogen) atoms. The van der Waals surface area contributed by atoms with Crippen molar-refractivity contribution in [2.24, 2.45) is 11.1 Å². The fourth-order valence-corrected chi connectivity index (χ4v) is 3.92. The highest BCUT2D eigenvalue weighted by atomic mass is 32.1. The van der Waals surface area contributed by atoms with Gasteiger partial charge in [-0.2, -0.15) is 0 Å². The maximum Gasteiger partial charge on any atom is 0.227 e. The van der Waals surface area contributed by atoms with Gasteiger partial charge in [-0.15, -0.1) is 11.3 Å². The van der Waals surface area contributed by atoms with E-state index in [1.54, 1.807) is 11.3 Å². The van der Waals surface area contributed by atoms with E-state index in [2.05, 4.69) is 31.3 Å². The maximum absolute atomic E-state index is 12.7. The number of aryl methyl sites for hydroxylation is 1. The number of hydrogen-bond acceptors (Lipinski definition) is 3. The quantitative estimate of drug-likeness (QED) is 0.835. The molecule has 1 aliphatic carbocycles. The molecule has 3 N–H and O–H groups in total. The Kier molecular flexibility index (Phi) is 5.22. The van der Waals surface area contributed by atoms with E-state index >= 15 is 0 Å². The zero-order chi connectivity index (χ0) is 14.6. The summed E-state index contributed by atoms with van der Waals surface area (Å²) in [6.45, 7) is 4.62. The molecule has 1 fully saturated rings. The van der Waals surface area contributed by atoms with Crippen molar-refractivity contribution in [3.63, 3.8) is 0 Å². The van der Waals surface area contributed by atoms with Crippen molar-refractivity contribution in [1.29, 1.82) is 0 Å². The molecule has 1 amide bonds. The second-order valence-corrected chi connectivity index (χ2v) is 7.36. The lowest BCUT2D eigenvalue weighted by Gasteiger charge is -2.31. The van der Waals surface area contributed by atoms with Crippen molar-refractivity contribution in [2.45, 2.75) is 58.4 Å². The molecule has 1 saturated carbocycles. The SMILES string of the molecule is Cc1ccc(C(C)NC(=O)C2(CN)CCCCCC2)s1. The molecule has 0 radical (unpaired) electrons. The second kappa shape index (κ2) is 6.72. The Labute approximate surface area is 125 Å². The lowest BCUT2D eigenvalue weighted by Crippen LogP contribution is -2.46. The van der Waals surface area contributed by atoms with Crippen LogP contribution in [0.1, 0.15) is 61.2 Å². The fourth-order valence-electron chi connectivity index (χ4n) is 3.04. The summed E-state index contributed by atoms with van der Waals surface area (Å²) in [6.07, 6.45) is 6.58. The molecule has 0 aromatic carbocycles. The van der Waals surface area contributed by atoms with Crippen LogP contribution < -0.4 is 11.1 Å². The number of carbonyl (C=O) groups excluding carboxylic acids is 1. The molecule has 1 heterocycles. The number of rotatable bonds is 4. The monoisotopic (exact) mass is 294 g/mol. The van der Waals surface area contributed by atoms with Gasteiger partial charge in [-0.1, -0.05) is 25.7 Å². The predicted octanol–water partition coefficient (Wildman–Crippen LogP) is 3.53. The van der Waals surface area contributed by atoms with Crippen LogP contribution in [0.4, 0.5) is 0 Å². The van der Waals surface area contributed by atoms with Gasteiger partial charge in [0.05, 0.1) is 11.5 Å². The second-order valence-electron chi connectivity index (χ2n) is 6.04. The van der Waals surface area contributed by atoms with Crippen LogP contribution in [-0.4, -0.2) is 12.5 Å². The summed E-state index contributed by atoms with van der Waals surface area (Å²) in [6, 6.07) is 4.29. The number of nitrogens with two attached hydrogens (primary N) is 1. The van der Waals surface area contributed by atoms with Gasteiger partial charge in [-0.25, -0.2) is 0 Å². The third kappa shape index (κ3) is 3.41. The van der Waals surface area contributed by atoms with Crippen LogP contribution in [0.2, 0.25) is 0 Å². The Morgan fingerprint density at radius 3 is 2.50 bits per heavy atom. The molecule has 2 rings (SSSR count). The van der Waals surface area contributed by atoms with Gasteiger partial charge in [0.25, 0.3) is 0 Å². The fraction of sp³-hybridized carbons (Fsp3) is 0.688. The first kappa shape index (κ1) is 15.5. The summed E-state index contributed by atoms with van der Waals surface area (Å²) in [4.78, 5) is 15.2. The van der Waals surface area contributed by atoms with Crippen molar-refractivity contribution < 1.29 is 4.79 Å². The molecule has 1 aromatic rings. The van der Waals surface area contributed by atoms with Gasteiger partial charge in [0.2, 0.25) is 5.91 Å². The summed E-state index contributed by atoms with van der Waals surface area (Å²) >= 11 is 1.75. The van der Waals surface area contributed by atoms with Crippen molar-refractivity contribution in [1.82, 2.24) is 5.32 Å². The molecule has 1 atom stereocenters. The number of nitrogens with one attached hydrogen (secondary N) is 1. The lowest BCUT2D eigenvalue weighted by molar-refractivity contribution is -0.132. The summed E-state index contributed by atoms with van der Waals surface area (Å²) in [5.74, 6) is 0.153. The van der Waals surface area contributed by atoms with Crippen molar-refractivity contribution >= 4 is 17.2 Å². The van der Waals surface area contributed by atoms with E-state index in [0.717, 1.165) is 25.7 Å². The number of carbonyl (C=O) groups is 1. The molecule has 0 saturated heterocycles. The zero-order valence-corrected chi connectivity index (χ0v) is 13.4. The molecule has 1 unspecified atom stereocenters. The Bertz CT molecular complexity index is 447. The predicted molar refractivity (Wildman–Crippen MR) is 84.8 cm³/mol. The van der Waals surface area contributed by atoms with Gasteiger partial charge < -0.3 is 11.1 Å². The third-order valence-electron chi connectivity index (χ3n) is 4.47. The molecule has 4 heteroatoms. The third-order valence-corrected chi connectivity index (χ3v) is 5.65. The van der Waals surface area contributed by atoms with Gasteiger partial charge in [0.1, 0.15) is 0 Å². The minimum Gasteiger partial charge on any atom is -0.348 e. The molecule has 0 spiro atoms. The van der Waals surface area contributed by atoms with Crippen molar-refractivity contribution in [3.8, 4) is 0 Å². The molecule has 1 aliphatic rings. The van der Waals surface area contributed by atoms with Gasteiger partial charge in [-0.3, -0.25) is 4.79 Å². The van der Waals surface area contributed by atoms with E-state index in [9.17, 15) is 4.79 Å². The van der Waals surface area contributed by atoms with Crippen LogP contribution in [-0.2, 0) is 4.79 Å². The van der Waals surface area contributed by atoms with Gasteiger partial charge >= 0.3 is 0 Å². The first-order chi connectivity index (χ1) is 9.57. The van der Waals surface area contributed by atoms with Crippen LogP contribution in [0, 0.1) is 12.3 Å². The van der Waals surface area contributed by atoms with E-state index in [0.29, 0.717) is 6.54 Å². The summed E-state index contributed by atoms with van der Waals surface area (Å²) < 4.78 is 0. The minimum atomic E-state index is -0.336. The average Bonchev–Trinajstić information content (AvgIpc) is 2.73. The standard InChI is InChI=1S/C16H26N2OS/c1-12-7-8-14(20-12)13(2)18-15(19)16(11-17)9-5-3-4-6-10-16/h7-8,13H,3-6,9-11,17H2,1-2H3,(H,18,19). The number of hydrogen-bond donors (Lipinski definition) is 2. The summed E-state index contributed by atoms with van der Waals surface area (Å²) in [5, 5.41) is 3.19. The van der Waals surface area contributed by atoms with Crippen LogP contribution in [0.15, 0.2) is 12.1 Å².